The van der Waals surface area contributed by atoms with E-state index in [2.05, 4.69) is 32.6 Å². The third-order valence-electron chi connectivity index (χ3n) is 4.16. The highest BCUT2D eigenvalue weighted by Gasteiger charge is 2.34. The topological polar surface area (TPSA) is 51.4 Å². The smallest absolute Gasteiger partial charge is 0.186 e. The molecule has 0 radical (unpaired) electrons. The molecule has 0 amide bonds. The SMILES string of the molecule is C[C@@H]1CN(c2nc3c(s2)C(N)CC(C)(C)C3)C[C@H](C)O1. The van der Waals surface area contributed by atoms with Crippen molar-refractivity contribution in [2.45, 2.75) is 58.8 Å². The fourth-order valence-corrected chi connectivity index (χ4v) is 4.55. The van der Waals surface area contributed by atoms with E-state index in [1.54, 1.807) is 11.3 Å². The van der Waals surface area contributed by atoms with Gasteiger partial charge in [-0.15, -0.1) is 0 Å². The summed E-state index contributed by atoms with van der Waals surface area (Å²) in [5, 5.41) is 1.13. The van der Waals surface area contributed by atoms with Gasteiger partial charge in [-0.1, -0.05) is 25.2 Å². The number of hydrogen-bond donors (Lipinski definition) is 1. The maximum absolute atomic E-state index is 6.35. The first-order valence-electron chi connectivity index (χ1n) is 7.50. The standard InChI is InChI=1S/C15H25N3OS/c1-9-7-18(8-10(2)19-9)14-17-12-6-15(3,4)5-11(16)13(12)20-14/h9-11H,5-8,16H2,1-4H3/t9-,10+,11?. The second-order valence-corrected chi connectivity index (χ2v) is 8.13. The van der Waals surface area contributed by atoms with Crippen molar-refractivity contribution >= 4 is 16.5 Å². The van der Waals surface area contributed by atoms with Gasteiger partial charge in [0, 0.05) is 24.0 Å². The first-order valence-corrected chi connectivity index (χ1v) is 8.31. The van der Waals surface area contributed by atoms with Gasteiger partial charge >= 0.3 is 0 Å². The first-order chi connectivity index (χ1) is 9.34. The number of anilines is 1. The van der Waals surface area contributed by atoms with Gasteiger partial charge in [-0.3, -0.25) is 0 Å². The van der Waals surface area contributed by atoms with E-state index in [1.165, 1.54) is 10.6 Å². The molecule has 1 fully saturated rings. The van der Waals surface area contributed by atoms with Crippen LogP contribution in [0.2, 0.25) is 0 Å². The fraction of sp³-hybridized carbons (Fsp3) is 0.800. The second-order valence-electron chi connectivity index (χ2n) is 7.12. The average molecular weight is 295 g/mol. The van der Waals surface area contributed by atoms with Crippen LogP contribution in [0.15, 0.2) is 0 Å². The molecule has 112 valence electrons. The van der Waals surface area contributed by atoms with Crippen LogP contribution in [0.4, 0.5) is 5.13 Å². The van der Waals surface area contributed by atoms with Gasteiger partial charge in [0.25, 0.3) is 0 Å². The van der Waals surface area contributed by atoms with Gasteiger partial charge in [0.2, 0.25) is 0 Å². The molecule has 1 aliphatic carbocycles. The summed E-state index contributed by atoms with van der Waals surface area (Å²) < 4.78 is 5.80. The Morgan fingerprint density at radius 1 is 1.30 bits per heavy atom. The summed E-state index contributed by atoms with van der Waals surface area (Å²) in [6, 6.07) is 0.149. The molecule has 3 atom stereocenters. The number of fused-ring (bicyclic) bond motifs is 1. The van der Waals surface area contributed by atoms with Gasteiger partial charge in [0.05, 0.1) is 17.9 Å². The van der Waals surface area contributed by atoms with Gasteiger partial charge in [-0.2, -0.15) is 0 Å². The van der Waals surface area contributed by atoms with Crippen molar-refractivity contribution in [3.63, 3.8) is 0 Å². The molecule has 20 heavy (non-hydrogen) atoms. The Morgan fingerprint density at radius 2 is 1.95 bits per heavy atom. The number of aromatic nitrogens is 1. The molecule has 1 saturated heterocycles. The van der Waals surface area contributed by atoms with Crippen LogP contribution in [0.5, 0.6) is 0 Å². The second kappa shape index (κ2) is 4.97. The van der Waals surface area contributed by atoms with E-state index < -0.39 is 0 Å². The first kappa shape index (κ1) is 14.3. The van der Waals surface area contributed by atoms with Crippen LogP contribution in [0.25, 0.3) is 0 Å². The molecule has 2 aliphatic rings. The zero-order chi connectivity index (χ0) is 14.5. The highest BCUT2D eigenvalue weighted by molar-refractivity contribution is 7.15. The van der Waals surface area contributed by atoms with Crippen molar-refractivity contribution in [3.05, 3.63) is 10.6 Å². The molecule has 0 spiro atoms. The Labute approximate surface area is 125 Å². The van der Waals surface area contributed by atoms with Crippen LogP contribution < -0.4 is 10.6 Å². The predicted octanol–water partition coefficient (Wildman–Crippen LogP) is 2.73. The third-order valence-corrected chi connectivity index (χ3v) is 5.45. The molecule has 2 heterocycles. The Balaban J connectivity index is 1.86. The van der Waals surface area contributed by atoms with E-state index in [-0.39, 0.29) is 23.7 Å². The quantitative estimate of drug-likeness (QED) is 0.865. The highest BCUT2D eigenvalue weighted by Crippen LogP contribution is 2.43. The van der Waals surface area contributed by atoms with E-state index in [0.717, 1.165) is 31.1 Å². The van der Waals surface area contributed by atoms with Crippen molar-refractivity contribution in [2.75, 3.05) is 18.0 Å². The number of rotatable bonds is 1. The molecular formula is C15H25N3OS. The molecule has 0 aromatic carbocycles. The zero-order valence-electron chi connectivity index (χ0n) is 12.8. The summed E-state index contributed by atoms with van der Waals surface area (Å²) in [7, 11) is 0. The van der Waals surface area contributed by atoms with Crippen molar-refractivity contribution in [1.82, 2.24) is 4.98 Å². The Kier molecular flexibility index (Phi) is 3.55. The number of nitrogens with two attached hydrogens (primary N) is 1. The van der Waals surface area contributed by atoms with Crippen LogP contribution >= 0.6 is 11.3 Å². The van der Waals surface area contributed by atoms with Gasteiger partial charge in [0.1, 0.15) is 0 Å². The lowest BCUT2D eigenvalue weighted by molar-refractivity contribution is -0.00524. The molecule has 1 unspecified atom stereocenters. The molecule has 0 bridgehead atoms. The Hall–Kier alpha value is -0.650. The normalized spacial score (nSPS) is 33.0. The lowest BCUT2D eigenvalue weighted by Gasteiger charge is -2.35. The van der Waals surface area contributed by atoms with Crippen LogP contribution in [-0.2, 0) is 11.2 Å². The van der Waals surface area contributed by atoms with Gasteiger partial charge < -0.3 is 15.4 Å². The summed E-state index contributed by atoms with van der Waals surface area (Å²) in [6.45, 7) is 10.7. The molecule has 1 aromatic rings. The molecule has 2 N–H and O–H groups in total. The number of morpholine rings is 1. The van der Waals surface area contributed by atoms with Crippen molar-refractivity contribution in [3.8, 4) is 0 Å². The number of thiazole rings is 1. The molecule has 1 aromatic heterocycles. The minimum atomic E-state index is 0.149. The van der Waals surface area contributed by atoms with Gasteiger partial charge in [0.15, 0.2) is 5.13 Å². The zero-order valence-corrected chi connectivity index (χ0v) is 13.7. The van der Waals surface area contributed by atoms with E-state index in [1.807, 2.05) is 0 Å². The molecule has 0 saturated carbocycles. The van der Waals surface area contributed by atoms with Crippen molar-refractivity contribution in [1.29, 1.82) is 0 Å². The Bertz CT molecular complexity index is 489. The van der Waals surface area contributed by atoms with Crippen LogP contribution in [-0.4, -0.2) is 30.3 Å². The van der Waals surface area contributed by atoms with E-state index in [9.17, 15) is 0 Å². The number of nitrogens with zero attached hydrogens (tertiary/aromatic N) is 2. The Morgan fingerprint density at radius 3 is 2.60 bits per heavy atom. The fourth-order valence-electron chi connectivity index (χ4n) is 3.45. The lowest BCUT2D eigenvalue weighted by atomic mass is 9.77. The number of ether oxygens (including phenoxy) is 1. The monoisotopic (exact) mass is 295 g/mol. The van der Waals surface area contributed by atoms with Crippen molar-refractivity contribution in [2.24, 2.45) is 11.1 Å². The molecular weight excluding hydrogens is 270 g/mol. The van der Waals surface area contributed by atoms with E-state index >= 15 is 0 Å². The van der Waals surface area contributed by atoms with Gasteiger partial charge in [-0.05, 0) is 32.1 Å². The van der Waals surface area contributed by atoms with Crippen LogP contribution in [0, 0.1) is 5.41 Å². The molecule has 1 aliphatic heterocycles. The van der Waals surface area contributed by atoms with E-state index in [4.69, 9.17) is 15.5 Å². The maximum atomic E-state index is 6.35. The van der Waals surface area contributed by atoms with Crippen LogP contribution in [0.1, 0.15) is 50.7 Å². The molecule has 5 heteroatoms. The van der Waals surface area contributed by atoms with Gasteiger partial charge in [-0.25, -0.2) is 4.98 Å². The lowest BCUT2D eigenvalue weighted by Crippen LogP contribution is -2.45. The van der Waals surface area contributed by atoms with E-state index in [0.29, 0.717) is 0 Å². The summed E-state index contributed by atoms with van der Waals surface area (Å²) in [4.78, 5) is 8.56. The number of hydrogen-bond acceptors (Lipinski definition) is 5. The summed E-state index contributed by atoms with van der Waals surface area (Å²) >= 11 is 1.79. The summed E-state index contributed by atoms with van der Waals surface area (Å²) in [5.74, 6) is 0. The molecule has 3 rings (SSSR count). The average Bonchev–Trinajstić information content (AvgIpc) is 2.69. The maximum Gasteiger partial charge on any atom is 0.186 e. The highest BCUT2D eigenvalue weighted by atomic mass is 32.1. The van der Waals surface area contributed by atoms with Crippen molar-refractivity contribution < 1.29 is 4.74 Å². The minimum absolute atomic E-state index is 0.149. The minimum Gasteiger partial charge on any atom is -0.372 e. The third kappa shape index (κ3) is 2.71. The predicted molar refractivity (Wildman–Crippen MR) is 83.4 cm³/mol. The largest absolute Gasteiger partial charge is 0.372 e. The molecule has 4 nitrogen and oxygen atoms in total. The summed E-state index contributed by atoms with van der Waals surface area (Å²) in [5.41, 5.74) is 7.84. The van der Waals surface area contributed by atoms with Crippen LogP contribution in [0.3, 0.4) is 0 Å². The summed E-state index contributed by atoms with van der Waals surface area (Å²) in [6.07, 6.45) is 2.63.